The molecule has 1 fully saturated rings. The Bertz CT molecular complexity index is 383. The first-order chi connectivity index (χ1) is 8.79. The minimum atomic E-state index is -0.359. The molecule has 0 amide bonds. The van der Waals surface area contributed by atoms with Gasteiger partial charge in [-0.15, -0.1) is 0 Å². The molecule has 1 aliphatic carbocycles. The van der Waals surface area contributed by atoms with Crippen LogP contribution in [0.3, 0.4) is 0 Å². The van der Waals surface area contributed by atoms with Crippen LogP contribution in [0.1, 0.15) is 48.2 Å². The van der Waals surface area contributed by atoms with Crippen molar-refractivity contribution in [3.05, 3.63) is 29.6 Å². The molecule has 1 aromatic rings. The fourth-order valence-electron chi connectivity index (χ4n) is 2.18. The number of rotatable bonds is 4. The summed E-state index contributed by atoms with van der Waals surface area (Å²) in [6, 6.07) is 3.54. The number of methoxy groups -OCH3 is 1. The standard InChI is InChI=1S/C14H19NO3/c1-17-14(16)11-7-8-12(15-9-11)10-18-13-5-3-2-4-6-13/h7-9,13H,2-6,10H2,1H3. The number of nitrogens with zero attached hydrogens (tertiary/aromatic N) is 1. The average molecular weight is 249 g/mol. The molecule has 0 aromatic carbocycles. The number of pyridine rings is 1. The number of aromatic nitrogens is 1. The van der Waals surface area contributed by atoms with Gasteiger partial charge in [0.15, 0.2) is 0 Å². The highest BCUT2D eigenvalue weighted by Gasteiger charge is 2.14. The van der Waals surface area contributed by atoms with Gasteiger partial charge in [-0.2, -0.15) is 0 Å². The third-order valence-corrected chi connectivity index (χ3v) is 3.26. The van der Waals surface area contributed by atoms with E-state index in [1.54, 1.807) is 6.07 Å². The molecular formula is C14H19NO3. The molecule has 0 aliphatic heterocycles. The molecule has 4 heteroatoms. The zero-order chi connectivity index (χ0) is 12.8. The Kier molecular flexibility index (Phi) is 4.70. The number of ether oxygens (including phenoxy) is 2. The van der Waals surface area contributed by atoms with E-state index < -0.39 is 0 Å². The molecule has 98 valence electrons. The monoisotopic (exact) mass is 249 g/mol. The topological polar surface area (TPSA) is 48.4 Å². The number of carbonyl (C=O) groups is 1. The Morgan fingerprint density at radius 3 is 2.72 bits per heavy atom. The molecule has 4 nitrogen and oxygen atoms in total. The minimum absolute atomic E-state index is 0.359. The predicted molar refractivity (Wildman–Crippen MR) is 67.2 cm³/mol. The third-order valence-electron chi connectivity index (χ3n) is 3.26. The second kappa shape index (κ2) is 6.50. The van der Waals surface area contributed by atoms with Crippen LogP contribution in [-0.4, -0.2) is 24.2 Å². The number of hydrogen-bond donors (Lipinski definition) is 0. The number of carbonyl (C=O) groups excluding carboxylic acids is 1. The van der Waals surface area contributed by atoms with Gasteiger partial charge in [-0.25, -0.2) is 4.79 Å². The van der Waals surface area contributed by atoms with Crippen molar-refractivity contribution in [2.24, 2.45) is 0 Å². The third kappa shape index (κ3) is 3.53. The fourth-order valence-corrected chi connectivity index (χ4v) is 2.18. The Hall–Kier alpha value is -1.42. The lowest BCUT2D eigenvalue weighted by Crippen LogP contribution is -2.16. The summed E-state index contributed by atoms with van der Waals surface area (Å²) in [5.41, 5.74) is 1.33. The van der Waals surface area contributed by atoms with Crippen molar-refractivity contribution in [2.75, 3.05) is 7.11 Å². The van der Waals surface area contributed by atoms with Crippen LogP contribution >= 0.6 is 0 Å². The first-order valence-electron chi connectivity index (χ1n) is 6.44. The van der Waals surface area contributed by atoms with Gasteiger partial charge in [0.1, 0.15) is 0 Å². The molecule has 1 heterocycles. The van der Waals surface area contributed by atoms with E-state index in [-0.39, 0.29) is 5.97 Å². The van der Waals surface area contributed by atoms with Crippen molar-refractivity contribution in [2.45, 2.75) is 44.8 Å². The molecule has 0 atom stereocenters. The highest BCUT2D eigenvalue weighted by Crippen LogP contribution is 2.21. The van der Waals surface area contributed by atoms with Crippen molar-refractivity contribution in [3.8, 4) is 0 Å². The summed E-state index contributed by atoms with van der Waals surface area (Å²) in [4.78, 5) is 15.4. The second-order valence-electron chi connectivity index (χ2n) is 4.60. The van der Waals surface area contributed by atoms with Gasteiger partial charge in [0, 0.05) is 6.20 Å². The molecular weight excluding hydrogens is 230 g/mol. The zero-order valence-corrected chi connectivity index (χ0v) is 10.7. The number of esters is 1. The lowest BCUT2D eigenvalue weighted by Gasteiger charge is -2.21. The van der Waals surface area contributed by atoms with Crippen LogP contribution in [0.2, 0.25) is 0 Å². The van der Waals surface area contributed by atoms with E-state index in [1.807, 2.05) is 6.07 Å². The van der Waals surface area contributed by atoms with E-state index in [0.29, 0.717) is 18.3 Å². The summed E-state index contributed by atoms with van der Waals surface area (Å²) in [5, 5.41) is 0. The van der Waals surface area contributed by atoms with Crippen LogP contribution in [0.15, 0.2) is 18.3 Å². The van der Waals surface area contributed by atoms with E-state index in [1.165, 1.54) is 32.6 Å². The van der Waals surface area contributed by atoms with Crippen molar-refractivity contribution >= 4 is 5.97 Å². The normalized spacial score (nSPS) is 16.5. The molecule has 2 rings (SSSR count). The first kappa shape index (κ1) is 13.0. The lowest BCUT2D eigenvalue weighted by atomic mass is 9.98. The second-order valence-corrected chi connectivity index (χ2v) is 4.60. The molecule has 0 saturated heterocycles. The maximum Gasteiger partial charge on any atom is 0.339 e. The summed E-state index contributed by atoms with van der Waals surface area (Å²) < 4.78 is 10.4. The van der Waals surface area contributed by atoms with Crippen molar-refractivity contribution in [3.63, 3.8) is 0 Å². The Labute approximate surface area is 107 Å². The van der Waals surface area contributed by atoms with Crippen molar-refractivity contribution < 1.29 is 14.3 Å². The Morgan fingerprint density at radius 2 is 2.11 bits per heavy atom. The summed E-state index contributed by atoms with van der Waals surface area (Å²) in [6.45, 7) is 0.520. The molecule has 18 heavy (non-hydrogen) atoms. The molecule has 1 aromatic heterocycles. The van der Waals surface area contributed by atoms with E-state index in [4.69, 9.17) is 4.74 Å². The molecule has 0 unspecified atom stereocenters. The molecule has 0 N–H and O–H groups in total. The van der Waals surface area contributed by atoms with Gasteiger partial charge in [0.05, 0.1) is 31.1 Å². The van der Waals surface area contributed by atoms with Gasteiger partial charge in [0.25, 0.3) is 0 Å². The van der Waals surface area contributed by atoms with E-state index in [0.717, 1.165) is 18.5 Å². The van der Waals surface area contributed by atoms with Gasteiger partial charge >= 0.3 is 5.97 Å². The molecule has 1 aliphatic rings. The zero-order valence-electron chi connectivity index (χ0n) is 10.7. The van der Waals surface area contributed by atoms with Gasteiger partial charge in [-0.3, -0.25) is 4.98 Å². The van der Waals surface area contributed by atoms with Crippen LogP contribution in [0.25, 0.3) is 0 Å². The fraction of sp³-hybridized carbons (Fsp3) is 0.571. The molecule has 1 saturated carbocycles. The van der Waals surface area contributed by atoms with Gasteiger partial charge in [0.2, 0.25) is 0 Å². The Balaban J connectivity index is 1.84. The first-order valence-corrected chi connectivity index (χ1v) is 6.44. The van der Waals surface area contributed by atoms with Crippen LogP contribution in [0.4, 0.5) is 0 Å². The molecule has 0 bridgehead atoms. The highest BCUT2D eigenvalue weighted by atomic mass is 16.5. The summed E-state index contributed by atoms with van der Waals surface area (Å²) in [5.74, 6) is -0.359. The summed E-state index contributed by atoms with van der Waals surface area (Å²) in [6.07, 6.45) is 8.07. The summed E-state index contributed by atoms with van der Waals surface area (Å²) in [7, 11) is 1.36. The van der Waals surface area contributed by atoms with Crippen LogP contribution in [-0.2, 0) is 16.1 Å². The molecule has 0 radical (unpaired) electrons. The van der Waals surface area contributed by atoms with E-state index >= 15 is 0 Å². The van der Waals surface area contributed by atoms with Crippen LogP contribution < -0.4 is 0 Å². The van der Waals surface area contributed by atoms with Crippen LogP contribution in [0, 0.1) is 0 Å². The van der Waals surface area contributed by atoms with E-state index in [2.05, 4.69) is 9.72 Å². The van der Waals surface area contributed by atoms with E-state index in [9.17, 15) is 4.79 Å². The predicted octanol–water partition coefficient (Wildman–Crippen LogP) is 2.72. The van der Waals surface area contributed by atoms with Crippen LogP contribution in [0.5, 0.6) is 0 Å². The van der Waals surface area contributed by atoms with Gasteiger partial charge < -0.3 is 9.47 Å². The van der Waals surface area contributed by atoms with Gasteiger partial charge in [-0.1, -0.05) is 19.3 Å². The lowest BCUT2D eigenvalue weighted by molar-refractivity contribution is 0.0152. The van der Waals surface area contributed by atoms with Crippen molar-refractivity contribution in [1.82, 2.24) is 4.98 Å². The average Bonchev–Trinajstić information content (AvgIpc) is 2.46. The smallest absolute Gasteiger partial charge is 0.339 e. The quantitative estimate of drug-likeness (QED) is 0.770. The number of hydrogen-bond acceptors (Lipinski definition) is 4. The van der Waals surface area contributed by atoms with Crippen molar-refractivity contribution in [1.29, 1.82) is 0 Å². The Morgan fingerprint density at radius 1 is 1.33 bits per heavy atom. The maximum absolute atomic E-state index is 11.2. The largest absolute Gasteiger partial charge is 0.465 e. The maximum atomic E-state index is 11.2. The molecule has 0 spiro atoms. The highest BCUT2D eigenvalue weighted by molar-refractivity contribution is 5.88. The SMILES string of the molecule is COC(=O)c1ccc(COC2CCCCC2)nc1. The minimum Gasteiger partial charge on any atom is -0.465 e. The van der Waals surface area contributed by atoms with Gasteiger partial charge in [-0.05, 0) is 25.0 Å². The summed E-state index contributed by atoms with van der Waals surface area (Å²) >= 11 is 0.